The van der Waals surface area contributed by atoms with Crippen molar-refractivity contribution in [3.05, 3.63) is 34.6 Å². The Bertz CT molecular complexity index is 512. The number of ketones is 1. The molecule has 4 heteroatoms. The van der Waals surface area contributed by atoms with Crippen LogP contribution in [0.1, 0.15) is 29.6 Å². The summed E-state index contributed by atoms with van der Waals surface area (Å²) in [6.07, 6.45) is 3.39. The molecule has 1 aromatic rings. The molecule has 0 unspecified atom stereocenters. The van der Waals surface area contributed by atoms with E-state index in [9.17, 15) is 9.18 Å². The molecule has 0 bridgehead atoms. The van der Waals surface area contributed by atoms with Crippen LogP contribution in [0.2, 0.25) is 5.02 Å². The number of rotatable bonds is 1. The van der Waals surface area contributed by atoms with E-state index in [0.717, 1.165) is 25.9 Å². The zero-order valence-corrected chi connectivity index (χ0v) is 10.6. The van der Waals surface area contributed by atoms with Gasteiger partial charge >= 0.3 is 0 Å². The SMILES string of the molecule is O=C(C#CN1CCCCC1)c1cc(Cl)ccc1F. The highest BCUT2D eigenvalue weighted by atomic mass is 35.5. The lowest BCUT2D eigenvalue weighted by atomic mass is 10.1. The lowest BCUT2D eigenvalue weighted by Crippen LogP contribution is -2.25. The summed E-state index contributed by atoms with van der Waals surface area (Å²) in [7, 11) is 0. The largest absolute Gasteiger partial charge is 0.332 e. The zero-order valence-electron chi connectivity index (χ0n) is 9.88. The summed E-state index contributed by atoms with van der Waals surface area (Å²) in [6.45, 7) is 1.75. The molecule has 1 aliphatic rings. The number of carbonyl (C=O) groups is 1. The first-order valence-corrected chi connectivity index (χ1v) is 6.30. The van der Waals surface area contributed by atoms with Gasteiger partial charge in [-0.05, 0) is 37.5 Å². The Morgan fingerprint density at radius 3 is 2.72 bits per heavy atom. The highest BCUT2D eigenvalue weighted by Crippen LogP contribution is 2.15. The molecule has 0 amide bonds. The molecule has 0 N–H and O–H groups in total. The lowest BCUT2D eigenvalue weighted by Gasteiger charge is -2.21. The van der Waals surface area contributed by atoms with Crippen molar-refractivity contribution in [1.82, 2.24) is 4.90 Å². The molecule has 0 radical (unpaired) electrons. The lowest BCUT2D eigenvalue weighted by molar-refractivity contribution is 0.105. The molecule has 1 aliphatic heterocycles. The molecule has 0 saturated carbocycles. The first-order valence-electron chi connectivity index (χ1n) is 5.93. The van der Waals surface area contributed by atoms with Crippen LogP contribution in [0.15, 0.2) is 18.2 Å². The minimum absolute atomic E-state index is 0.0630. The Hall–Kier alpha value is -1.53. The van der Waals surface area contributed by atoms with Gasteiger partial charge in [-0.1, -0.05) is 11.6 Å². The zero-order chi connectivity index (χ0) is 13.0. The van der Waals surface area contributed by atoms with Crippen LogP contribution >= 0.6 is 11.6 Å². The van der Waals surface area contributed by atoms with Crippen LogP contribution in [-0.4, -0.2) is 23.8 Å². The van der Waals surface area contributed by atoms with Gasteiger partial charge in [0.25, 0.3) is 0 Å². The van der Waals surface area contributed by atoms with Gasteiger partial charge in [0.15, 0.2) is 0 Å². The number of halogens is 2. The van der Waals surface area contributed by atoms with Crippen molar-refractivity contribution in [2.24, 2.45) is 0 Å². The van der Waals surface area contributed by atoms with Gasteiger partial charge in [0.2, 0.25) is 5.78 Å². The summed E-state index contributed by atoms with van der Waals surface area (Å²) in [5, 5.41) is 0.333. The molecule has 0 aromatic heterocycles. The molecule has 2 nitrogen and oxygen atoms in total. The summed E-state index contributed by atoms with van der Waals surface area (Å²) in [4.78, 5) is 13.7. The summed E-state index contributed by atoms with van der Waals surface area (Å²) < 4.78 is 13.4. The first kappa shape index (κ1) is 12.9. The molecule has 1 saturated heterocycles. The Labute approximate surface area is 111 Å². The number of piperidine rings is 1. The highest BCUT2D eigenvalue weighted by Gasteiger charge is 2.11. The quantitative estimate of drug-likeness (QED) is 0.574. The van der Waals surface area contributed by atoms with Gasteiger partial charge in [-0.25, -0.2) is 4.39 Å². The number of Topliss-reactive ketones (excluding diaryl/α,β-unsaturated/α-hetero) is 1. The predicted octanol–water partition coefficient (Wildman–Crippen LogP) is 3.11. The van der Waals surface area contributed by atoms with Crippen molar-refractivity contribution in [2.75, 3.05) is 13.1 Å². The third kappa shape index (κ3) is 3.24. The molecular weight excluding hydrogens is 253 g/mol. The van der Waals surface area contributed by atoms with E-state index in [1.165, 1.54) is 24.6 Å². The van der Waals surface area contributed by atoms with Gasteiger partial charge in [0, 0.05) is 30.1 Å². The Kier molecular flexibility index (Phi) is 4.22. The molecule has 0 atom stereocenters. The minimum Gasteiger partial charge on any atom is -0.332 e. The first-order chi connectivity index (χ1) is 8.66. The number of nitrogens with zero attached hydrogens (tertiary/aromatic N) is 1. The van der Waals surface area contributed by atoms with Gasteiger partial charge < -0.3 is 4.90 Å². The fourth-order valence-corrected chi connectivity index (χ4v) is 2.05. The van der Waals surface area contributed by atoms with E-state index in [0.29, 0.717) is 5.02 Å². The summed E-state index contributed by atoms with van der Waals surface area (Å²) in [6, 6.07) is 6.69. The van der Waals surface area contributed by atoms with Crippen molar-refractivity contribution in [3.63, 3.8) is 0 Å². The molecule has 0 aliphatic carbocycles. The van der Waals surface area contributed by atoms with Gasteiger partial charge in [-0.3, -0.25) is 4.79 Å². The fourth-order valence-electron chi connectivity index (χ4n) is 1.87. The van der Waals surface area contributed by atoms with E-state index in [1.807, 2.05) is 4.90 Å². The maximum Gasteiger partial charge on any atom is 0.240 e. The van der Waals surface area contributed by atoms with Crippen LogP contribution in [0.25, 0.3) is 0 Å². The summed E-state index contributed by atoms with van der Waals surface area (Å²) in [5.41, 5.74) is -0.0630. The molecule has 1 heterocycles. The number of hydrogen-bond donors (Lipinski definition) is 0. The fraction of sp³-hybridized carbons (Fsp3) is 0.357. The molecule has 0 spiro atoms. The van der Waals surface area contributed by atoms with E-state index in [1.54, 1.807) is 0 Å². The Balaban J connectivity index is 2.11. The smallest absolute Gasteiger partial charge is 0.240 e. The predicted molar refractivity (Wildman–Crippen MR) is 68.9 cm³/mol. The highest BCUT2D eigenvalue weighted by molar-refractivity contribution is 6.31. The normalized spacial score (nSPS) is 14.9. The molecule has 1 aromatic carbocycles. The average Bonchev–Trinajstić information content (AvgIpc) is 2.40. The van der Waals surface area contributed by atoms with E-state index in [2.05, 4.69) is 12.0 Å². The second-order valence-electron chi connectivity index (χ2n) is 4.24. The molecule has 18 heavy (non-hydrogen) atoms. The summed E-state index contributed by atoms with van der Waals surface area (Å²) in [5.74, 6) is 1.36. The van der Waals surface area contributed by atoms with Crippen molar-refractivity contribution < 1.29 is 9.18 Å². The van der Waals surface area contributed by atoms with E-state index < -0.39 is 11.6 Å². The minimum atomic E-state index is -0.586. The number of hydrogen-bond acceptors (Lipinski definition) is 2. The molecule has 2 rings (SSSR count). The van der Waals surface area contributed by atoms with Crippen LogP contribution in [0, 0.1) is 17.8 Å². The van der Waals surface area contributed by atoms with Gasteiger partial charge in [0.05, 0.1) is 5.56 Å². The molecular formula is C14H13ClFNO. The molecule has 1 fully saturated rings. The van der Waals surface area contributed by atoms with Gasteiger partial charge in [0.1, 0.15) is 5.82 Å². The number of likely N-dealkylation sites (tertiary alicyclic amines) is 1. The van der Waals surface area contributed by atoms with Crippen molar-refractivity contribution in [3.8, 4) is 12.0 Å². The number of benzene rings is 1. The van der Waals surface area contributed by atoms with Crippen LogP contribution in [0.3, 0.4) is 0 Å². The Morgan fingerprint density at radius 1 is 1.28 bits per heavy atom. The third-order valence-corrected chi connectivity index (χ3v) is 3.09. The van der Waals surface area contributed by atoms with Crippen LogP contribution in [0.4, 0.5) is 4.39 Å². The van der Waals surface area contributed by atoms with Crippen molar-refractivity contribution in [1.29, 1.82) is 0 Å². The average molecular weight is 266 g/mol. The van der Waals surface area contributed by atoms with Gasteiger partial charge in [-0.2, -0.15) is 0 Å². The van der Waals surface area contributed by atoms with Crippen LogP contribution in [-0.2, 0) is 0 Å². The summed E-state index contributed by atoms with van der Waals surface area (Å²) >= 11 is 5.73. The maximum absolute atomic E-state index is 13.4. The van der Waals surface area contributed by atoms with Crippen LogP contribution in [0.5, 0.6) is 0 Å². The second kappa shape index (κ2) is 5.88. The van der Waals surface area contributed by atoms with Crippen LogP contribution < -0.4 is 0 Å². The number of carbonyl (C=O) groups excluding carboxylic acids is 1. The van der Waals surface area contributed by atoms with E-state index >= 15 is 0 Å². The van der Waals surface area contributed by atoms with Crippen molar-refractivity contribution in [2.45, 2.75) is 19.3 Å². The van der Waals surface area contributed by atoms with E-state index in [-0.39, 0.29) is 5.56 Å². The topological polar surface area (TPSA) is 20.3 Å². The standard InChI is InChI=1S/C14H13ClFNO/c15-11-4-5-13(16)12(10-11)14(18)6-9-17-7-2-1-3-8-17/h4-5,10H,1-3,7-8H2. The monoisotopic (exact) mass is 265 g/mol. The van der Waals surface area contributed by atoms with Gasteiger partial charge in [-0.15, -0.1) is 0 Å². The third-order valence-electron chi connectivity index (χ3n) is 2.86. The van der Waals surface area contributed by atoms with E-state index in [4.69, 9.17) is 11.6 Å². The Morgan fingerprint density at radius 2 is 2.00 bits per heavy atom. The second-order valence-corrected chi connectivity index (χ2v) is 4.67. The maximum atomic E-state index is 13.4. The molecule has 94 valence electrons. The van der Waals surface area contributed by atoms with Crippen molar-refractivity contribution >= 4 is 17.4 Å².